The maximum Gasteiger partial charge on any atom is 0.260 e. The summed E-state index contributed by atoms with van der Waals surface area (Å²) in [6, 6.07) is 9.12. The van der Waals surface area contributed by atoms with Crippen molar-refractivity contribution in [3.8, 4) is 11.5 Å². The van der Waals surface area contributed by atoms with Gasteiger partial charge in [0, 0.05) is 32.0 Å². The molecular weight excluding hydrogens is 352 g/mol. The molecule has 0 radical (unpaired) electrons. The number of amides is 1. The van der Waals surface area contributed by atoms with Gasteiger partial charge in [-0.3, -0.25) is 4.79 Å². The largest absolute Gasteiger partial charge is 0.490 e. The summed E-state index contributed by atoms with van der Waals surface area (Å²) in [5.41, 5.74) is 2.24. The number of nitrogens with zero attached hydrogens (tertiary/aromatic N) is 1. The van der Waals surface area contributed by atoms with Crippen molar-refractivity contribution in [1.29, 1.82) is 0 Å². The lowest BCUT2D eigenvalue weighted by molar-refractivity contribution is -0.135. The van der Waals surface area contributed by atoms with Crippen molar-refractivity contribution in [2.75, 3.05) is 19.7 Å². The van der Waals surface area contributed by atoms with E-state index >= 15 is 0 Å². The van der Waals surface area contributed by atoms with Crippen LogP contribution in [0.15, 0.2) is 36.4 Å². The highest BCUT2D eigenvalue weighted by Crippen LogP contribution is 2.24. The SMILES string of the molecule is Cc1ccc(C)c(OC2CCN(C(=O)COc3ccc(F)cc3F)CC2)c1. The zero-order chi connectivity index (χ0) is 19.4. The Balaban J connectivity index is 1.48. The molecule has 0 unspecified atom stereocenters. The Labute approximate surface area is 157 Å². The minimum atomic E-state index is -0.816. The Bertz CT molecular complexity index is 817. The van der Waals surface area contributed by atoms with E-state index in [-0.39, 0.29) is 24.4 Å². The quantitative estimate of drug-likeness (QED) is 0.792. The number of hydrogen-bond acceptors (Lipinski definition) is 3. The van der Waals surface area contributed by atoms with Crippen molar-refractivity contribution in [3.63, 3.8) is 0 Å². The number of carbonyl (C=O) groups is 1. The summed E-state index contributed by atoms with van der Waals surface area (Å²) in [5.74, 6) is -0.961. The third-order valence-electron chi connectivity index (χ3n) is 4.68. The highest BCUT2D eigenvalue weighted by atomic mass is 19.1. The lowest BCUT2D eigenvalue weighted by Crippen LogP contribution is -2.43. The second kappa shape index (κ2) is 8.37. The molecular formula is C21H23F2NO3. The minimum Gasteiger partial charge on any atom is -0.490 e. The number of piperidine rings is 1. The van der Waals surface area contributed by atoms with Crippen LogP contribution in [0.3, 0.4) is 0 Å². The maximum absolute atomic E-state index is 13.6. The van der Waals surface area contributed by atoms with Crippen LogP contribution in [0.1, 0.15) is 24.0 Å². The summed E-state index contributed by atoms with van der Waals surface area (Å²) in [4.78, 5) is 14.0. The van der Waals surface area contributed by atoms with Gasteiger partial charge in [0.05, 0.1) is 0 Å². The topological polar surface area (TPSA) is 38.8 Å². The van der Waals surface area contributed by atoms with Crippen LogP contribution < -0.4 is 9.47 Å². The molecule has 144 valence electrons. The van der Waals surface area contributed by atoms with Crippen LogP contribution in [0.5, 0.6) is 11.5 Å². The Kier molecular flexibility index (Phi) is 5.94. The summed E-state index contributed by atoms with van der Waals surface area (Å²) >= 11 is 0. The normalized spacial score (nSPS) is 14.9. The third kappa shape index (κ3) is 4.96. The lowest BCUT2D eigenvalue weighted by Gasteiger charge is -2.32. The minimum absolute atomic E-state index is 0.0602. The van der Waals surface area contributed by atoms with Crippen LogP contribution in [0.4, 0.5) is 8.78 Å². The Hall–Kier alpha value is -2.63. The number of halogens is 2. The first-order valence-corrected chi connectivity index (χ1v) is 9.02. The standard InChI is InChI=1S/C21H23F2NO3/c1-14-3-4-15(2)20(11-14)27-17-7-9-24(10-8-17)21(25)13-26-19-6-5-16(22)12-18(19)23/h3-6,11-12,17H,7-10,13H2,1-2H3. The van der Waals surface area contributed by atoms with E-state index in [9.17, 15) is 13.6 Å². The third-order valence-corrected chi connectivity index (χ3v) is 4.68. The Morgan fingerprint density at radius 3 is 2.52 bits per heavy atom. The number of hydrogen-bond donors (Lipinski definition) is 0. The first-order chi connectivity index (χ1) is 12.9. The van der Waals surface area contributed by atoms with Gasteiger partial charge >= 0.3 is 0 Å². The van der Waals surface area contributed by atoms with E-state index in [1.54, 1.807) is 4.90 Å². The van der Waals surface area contributed by atoms with Crippen LogP contribution in [-0.2, 0) is 4.79 Å². The number of rotatable bonds is 5. The fourth-order valence-electron chi connectivity index (χ4n) is 3.06. The highest BCUT2D eigenvalue weighted by molar-refractivity contribution is 5.77. The van der Waals surface area contributed by atoms with Crippen LogP contribution in [0.25, 0.3) is 0 Å². The molecule has 1 amide bonds. The average molecular weight is 375 g/mol. The van der Waals surface area contributed by atoms with E-state index < -0.39 is 11.6 Å². The van der Waals surface area contributed by atoms with Gasteiger partial charge in [0.1, 0.15) is 17.7 Å². The van der Waals surface area contributed by atoms with E-state index in [4.69, 9.17) is 9.47 Å². The van der Waals surface area contributed by atoms with Gasteiger partial charge in [-0.1, -0.05) is 12.1 Å². The Morgan fingerprint density at radius 1 is 1.07 bits per heavy atom. The van der Waals surface area contributed by atoms with Gasteiger partial charge in [-0.2, -0.15) is 0 Å². The van der Waals surface area contributed by atoms with Crippen LogP contribution >= 0.6 is 0 Å². The predicted molar refractivity (Wildman–Crippen MR) is 98.0 cm³/mol. The molecule has 1 saturated heterocycles. The molecule has 3 rings (SSSR count). The molecule has 0 bridgehead atoms. The van der Waals surface area contributed by atoms with E-state index in [0.29, 0.717) is 13.1 Å². The van der Waals surface area contributed by atoms with Crippen molar-refractivity contribution in [2.24, 2.45) is 0 Å². The van der Waals surface area contributed by atoms with Crippen LogP contribution in [0, 0.1) is 25.5 Å². The summed E-state index contributed by atoms with van der Waals surface area (Å²) in [5, 5.41) is 0. The van der Waals surface area contributed by atoms with Gasteiger partial charge in [0.2, 0.25) is 0 Å². The smallest absolute Gasteiger partial charge is 0.260 e. The fraction of sp³-hybridized carbons (Fsp3) is 0.381. The van der Waals surface area contributed by atoms with E-state index in [0.717, 1.165) is 41.9 Å². The van der Waals surface area contributed by atoms with Gasteiger partial charge in [-0.15, -0.1) is 0 Å². The van der Waals surface area contributed by atoms with Crippen LogP contribution in [0.2, 0.25) is 0 Å². The van der Waals surface area contributed by atoms with E-state index in [2.05, 4.69) is 0 Å². The molecule has 0 N–H and O–H groups in total. The predicted octanol–water partition coefficient (Wildman–Crippen LogP) is 4.03. The molecule has 0 spiro atoms. The van der Waals surface area contributed by atoms with Crippen molar-refractivity contribution in [1.82, 2.24) is 4.90 Å². The average Bonchev–Trinajstić information content (AvgIpc) is 2.64. The second-order valence-corrected chi connectivity index (χ2v) is 6.83. The van der Waals surface area contributed by atoms with Crippen molar-refractivity contribution in [2.45, 2.75) is 32.8 Å². The molecule has 6 heteroatoms. The zero-order valence-electron chi connectivity index (χ0n) is 15.5. The summed E-state index contributed by atoms with van der Waals surface area (Å²) in [6.45, 7) is 4.88. The van der Waals surface area contributed by atoms with Gasteiger partial charge in [0.15, 0.2) is 18.2 Å². The summed E-state index contributed by atoms with van der Waals surface area (Å²) in [6.07, 6.45) is 1.51. The first kappa shape index (κ1) is 19.1. The zero-order valence-corrected chi connectivity index (χ0v) is 15.5. The van der Waals surface area contributed by atoms with Gasteiger partial charge in [-0.25, -0.2) is 8.78 Å². The number of carbonyl (C=O) groups excluding carboxylic acids is 1. The number of aryl methyl sites for hydroxylation is 2. The molecule has 1 aliphatic heterocycles. The highest BCUT2D eigenvalue weighted by Gasteiger charge is 2.24. The molecule has 0 aromatic heterocycles. The first-order valence-electron chi connectivity index (χ1n) is 9.02. The number of ether oxygens (including phenoxy) is 2. The number of benzene rings is 2. The van der Waals surface area contributed by atoms with E-state index in [1.807, 2.05) is 32.0 Å². The monoisotopic (exact) mass is 375 g/mol. The molecule has 1 heterocycles. The van der Waals surface area contributed by atoms with Crippen molar-refractivity contribution in [3.05, 3.63) is 59.2 Å². The fourth-order valence-corrected chi connectivity index (χ4v) is 3.06. The second-order valence-electron chi connectivity index (χ2n) is 6.83. The van der Waals surface area contributed by atoms with Crippen molar-refractivity contribution < 1.29 is 23.0 Å². The molecule has 0 atom stereocenters. The molecule has 1 aliphatic rings. The molecule has 4 nitrogen and oxygen atoms in total. The van der Waals surface area contributed by atoms with Crippen molar-refractivity contribution >= 4 is 5.91 Å². The van der Waals surface area contributed by atoms with Gasteiger partial charge < -0.3 is 14.4 Å². The molecule has 2 aromatic carbocycles. The molecule has 0 saturated carbocycles. The van der Waals surface area contributed by atoms with Gasteiger partial charge in [0.25, 0.3) is 5.91 Å². The molecule has 27 heavy (non-hydrogen) atoms. The van der Waals surface area contributed by atoms with E-state index in [1.165, 1.54) is 6.07 Å². The maximum atomic E-state index is 13.6. The molecule has 2 aromatic rings. The summed E-state index contributed by atoms with van der Waals surface area (Å²) < 4.78 is 37.7. The Morgan fingerprint density at radius 2 is 1.81 bits per heavy atom. The van der Waals surface area contributed by atoms with Crippen LogP contribution in [-0.4, -0.2) is 36.6 Å². The van der Waals surface area contributed by atoms with Gasteiger partial charge in [-0.05, 0) is 43.2 Å². The molecule has 0 aliphatic carbocycles. The molecule has 1 fully saturated rings. The lowest BCUT2D eigenvalue weighted by atomic mass is 10.1. The number of likely N-dealkylation sites (tertiary alicyclic amines) is 1. The summed E-state index contributed by atoms with van der Waals surface area (Å²) in [7, 11) is 0.